The minimum absolute atomic E-state index is 0.936. The molecule has 0 saturated heterocycles. The van der Waals surface area contributed by atoms with Crippen molar-refractivity contribution in [2.75, 3.05) is 0 Å². The zero-order valence-electron chi connectivity index (χ0n) is 21.7. The summed E-state index contributed by atoms with van der Waals surface area (Å²) in [6.45, 7) is 4.55. The molecular formula is C34H44. The second-order valence-corrected chi connectivity index (χ2v) is 10.2. The lowest BCUT2D eigenvalue weighted by atomic mass is 9.78. The highest BCUT2D eigenvalue weighted by atomic mass is 14.3. The Kier molecular flexibility index (Phi) is 11.9. The van der Waals surface area contributed by atoms with Gasteiger partial charge in [-0.05, 0) is 73.1 Å². The maximum Gasteiger partial charge on any atom is 0.0249 e. The van der Waals surface area contributed by atoms with Crippen molar-refractivity contribution in [3.8, 4) is 23.7 Å². The van der Waals surface area contributed by atoms with E-state index < -0.39 is 0 Å². The molecule has 2 aromatic rings. The Morgan fingerprint density at radius 1 is 0.588 bits per heavy atom. The molecule has 1 aliphatic rings. The quantitative estimate of drug-likeness (QED) is 0.249. The fraction of sp³-hybridized carbons (Fsp3) is 0.529. The lowest BCUT2D eigenvalue weighted by Gasteiger charge is -2.28. The Balaban J connectivity index is 1.40. The van der Waals surface area contributed by atoms with Crippen LogP contribution in [-0.4, -0.2) is 0 Å². The molecule has 0 radical (unpaired) electrons. The summed E-state index contributed by atoms with van der Waals surface area (Å²) >= 11 is 0. The van der Waals surface area contributed by atoms with Gasteiger partial charge in [0.25, 0.3) is 0 Å². The van der Waals surface area contributed by atoms with Gasteiger partial charge < -0.3 is 0 Å². The van der Waals surface area contributed by atoms with Gasteiger partial charge in [-0.25, -0.2) is 0 Å². The van der Waals surface area contributed by atoms with Crippen LogP contribution in [0.25, 0.3) is 0 Å². The summed E-state index contributed by atoms with van der Waals surface area (Å²) in [4.78, 5) is 0. The maximum atomic E-state index is 3.32. The Hall–Kier alpha value is -2.44. The molecule has 1 fully saturated rings. The standard InChI is InChI=1S/C34H44/c1-3-5-7-8-9-10-12-30-15-19-32(20-16-30)22-24-34-27-25-33(26-28-34)23-21-31-17-13-29(14-18-31)11-6-4-2/h15-16,19-20,25-29,31H,3-9,11,13-14,17-18,21,23H2,1-2H3. The van der Waals surface area contributed by atoms with Crippen molar-refractivity contribution in [2.24, 2.45) is 11.8 Å². The van der Waals surface area contributed by atoms with E-state index in [1.807, 2.05) is 0 Å². The SMILES string of the molecule is CCCCCCC#Cc1ccc(C#Cc2ccc(CCC3CCC(CCCC)CC3)cc2)cc1. The van der Waals surface area contributed by atoms with E-state index in [1.165, 1.54) is 89.0 Å². The topological polar surface area (TPSA) is 0 Å². The molecule has 0 N–H and O–H groups in total. The van der Waals surface area contributed by atoms with Crippen LogP contribution in [0, 0.1) is 35.5 Å². The van der Waals surface area contributed by atoms with Crippen LogP contribution in [0.15, 0.2) is 48.5 Å². The number of aryl methyl sites for hydroxylation is 1. The van der Waals surface area contributed by atoms with Crippen molar-refractivity contribution >= 4 is 0 Å². The first-order chi connectivity index (χ1) is 16.8. The van der Waals surface area contributed by atoms with Gasteiger partial charge in [0.05, 0.1) is 0 Å². The summed E-state index contributed by atoms with van der Waals surface area (Å²) in [6, 6.07) is 17.3. The fourth-order valence-electron chi connectivity index (χ4n) is 5.01. The lowest BCUT2D eigenvalue weighted by molar-refractivity contribution is 0.250. The van der Waals surface area contributed by atoms with Crippen LogP contribution in [0.5, 0.6) is 0 Å². The Bertz CT molecular complexity index is 932. The molecule has 2 aromatic carbocycles. The van der Waals surface area contributed by atoms with Crippen LogP contribution in [0.2, 0.25) is 0 Å². The van der Waals surface area contributed by atoms with Gasteiger partial charge in [-0.1, -0.05) is 114 Å². The monoisotopic (exact) mass is 452 g/mol. The average Bonchev–Trinajstić information content (AvgIpc) is 2.89. The van der Waals surface area contributed by atoms with Gasteiger partial charge in [-0.3, -0.25) is 0 Å². The molecule has 0 heterocycles. The third-order valence-electron chi connectivity index (χ3n) is 7.35. The number of hydrogen-bond donors (Lipinski definition) is 0. The highest BCUT2D eigenvalue weighted by molar-refractivity contribution is 5.46. The van der Waals surface area contributed by atoms with E-state index in [0.717, 1.165) is 34.9 Å². The molecular weight excluding hydrogens is 408 g/mol. The highest BCUT2D eigenvalue weighted by Crippen LogP contribution is 2.34. The second kappa shape index (κ2) is 15.5. The predicted molar refractivity (Wildman–Crippen MR) is 148 cm³/mol. The van der Waals surface area contributed by atoms with Crippen LogP contribution < -0.4 is 0 Å². The molecule has 0 aromatic heterocycles. The Labute approximate surface area is 210 Å². The largest absolute Gasteiger partial charge is 0.0979 e. The van der Waals surface area contributed by atoms with Gasteiger partial charge in [-0.2, -0.15) is 0 Å². The molecule has 0 nitrogen and oxygen atoms in total. The molecule has 0 atom stereocenters. The minimum atomic E-state index is 0.936. The zero-order valence-corrected chi connectivity index (χ0v) is 21.7. The summed E-state index contributed by atoms with van der Waals surface area (Å²) in [7, 11) is 0. The maximum absolute atomic E-state index is 3.32. The second-order valence-electron chi connectivity index (χ2n) is 10.2. The van der Waals surface area contributed by atoms with Gasteiger partial charge in [0.2, 0.25) is 0 Å². The van der Waals surface area contributed by atoms with Gasteiger partial charge in [-0.15, -0.1) is 0 Å². The van der Waals surface area contributed by atoms with Crippen molar-refractivity contribution in [1.29, 1.82) is 0 Å². The van der Waals surface area contributed by atoms with E-state index >= 15 is 0 Å². The number of hydrogen-bond acceptors (Lipinski definition) is 0. The molecule has 1 saturated carbocycles. The van der Waals surface area contributed by atoms with Gasteiger partial charge >= 0.3 is 0 Å². The molecule has 34 heavy (non-hydrogen) atoms. The molecule has 0 bridgehead atoms. The first-order valence-corrected chi connectivity index (χ1v) is 14.0. The molecule has 3 rings (SSSR count). The van der Waals surface area contributed by atoms with Crippen LogP contribution in [-0.2, 0) is 6.42 Å². The molecule has 180 valence electrons. The number of unbranched alkanes of at least 4 members (excludes halogenated alkanes) is 5. The van der Waals surface area contributed by atoms with Crippen molar-refractivity contribution in [3.05, 3.63) is 70.8 Å². The van der Waals surface area contributed by atoms with Gasteiger partial charge in [0.15, 0.2) is 0 Å². The summed E-state index contributed by atoms with van der Waals surface area (Å²) in [6.07, 6.45) is 18.7. The normalized spacial score (nSPS) is 17.4. The highest BCUT2D eigenvalue weighted by Gasteiger charge is 2.20. The minimum Gasteiger partial charge on any atom is -0.0979 e. The zero-order chi connectivity index (χ0) is 23.8. The third kappa shape index (κ3) is 9.82. The van der Waals surface area contributed by atoms with E-state index in [2.05, 4.69) is 86.1 Å². The van der Waals surface area contributed by atoms with E-state index in [0.29, 0.717) is 0 Å². The van der Waals surface area contributed by atoms with Crippen molar-refractivity contribution in [3.63, 3.8) is 0 Å². The summed E-state index contributed by atoms with van der Waals surface area (Å²) in [5.74, 6) is 15.1. The lowest BCUT2D eigenvalue weighted by Crippen LogP contribution is -2.15. The van der Waals surface area contributed by atoms with Crippen molar-refractivity contribution < 1.29 is 0 Å². The van der Waals surface area contributed by atoms with Crippen molar-refractivity contribution in [2.45, 2.75) is 104 Å². The molecule has 0 heteroatoms. The van der Waals surface area contributed by atoms with Gasteiger partial charge in [0.1, 0.15) is 0 Å². The molecule has 0 spiro atoms. The first-order valence-electron chi connectivity index (χ1n) is 14.0. The van der Waals surface area contributed by atoms with Crippen molar-refractivity contribution in [1.82, 2.24) is 0 Å². The predicted octanol–water partition coefficient (Wildman–Crippen LogP) is 9.34. The van der Waals surface area contributed by atoms with E-state index in [4.69, 9.17) is 0 Å². The van der Waals surface area contributed by atoms with Crippen LogP contribution >= 0.6 is 0 Å². The summed E-state index contributed by atoms with van der Waals surface area (Å²) in [5, 5.41) is 0. The Morgan fingerprint density at radius 3 is 1.71 bits per heavy atom. The average molecular weight is 453 g/mol. The summed E-state index contributed by atoms with van der Waals surface area (Å²) in [5.41, 5.74) is 4.68. The molecule has 1 aliphatic carbocycles. The summed E-state index contributed by atoms with van der Waals surface area (Å²) < 4.78 is 0. The fourth-order valence-corrected chi connectivity index (χ4v) is 5.01. The molecule has 0 aliphatic heterocycles. The van der Waals surface area contributed by atoms with Crippen LogP contribution in [0.1, 0.15) is 120 Å². The molecule has 0 unspecified atom stereocenters. The number of rotatable bonds is 10. The van der Waals surface area contributed by atoms with Gasteiger partial charge in [0, 0.05) is 23.1 Å². The first kappa shape index (κ1) is 26.2. The third-order valence-corrected chi connectivity index (χ3v) is 7.35. The van der Waals surface area contributed by atoms with E-state index in [9.17, 15) is 0 Å². The van der Waals surface area contributed by atoms with E-state index in [-0.39, 0.29) is 0 Å². The molecule has 0 amide bonds. The Morgan fingerprint density at radius 2 is 1.12 bits per heavy atom. The number of benzene rings is 2. The van der Waals surface area contributed by atoms with Crippen LogP contribution in [0.4, 0.5) is 0 Å². The van der Waals surface area contributed by atoms with E-state index in [1.54, 1.807) is 0 Å². The van der Waals surface area contributed by atoms with Crippen LogP contribution in [0.3, 0.4) is 0 Å². The smallest absolute Gasteiger partial charge is 0.0249 e.